The van der Waals surface area contributed by atoms with E-state index in [9.17, 15) is 4.79 Å². The van der Waals surface area contributed by atoms with Gasteiger partial charge in [0.15, 0.2) is 0 Å². The van der Waals surface area contributed by atoms with E-state index in [-0.39, 0.29) is 23.4 Å². The predicted octanol–water partition coefficient (Wildman–Crippen LogP) is 1.81. The molecule has 0 aromatic heterocycles. The van der Waals surface area contributed by atoms with E-state index in [0.717, 1.165) is 32.1 Å². The van der Waals surface area contributed by atoms with Gasteiger partial charge in [-0.1, -0.05) is 6.92 Å². The lowest BCUT2D eigenvalue weighted by atomic mass is 9.76. The fraction of sp³-hybridized carbons (Fsp3) is 0.923. The van der Waals surface area contributed by atoms with Gasteiger partial charge in [-0.25, -0.2) is 0 Å². The summed E-state index contributed by atoms with van der Waals surface area (Å²) in [6.45, 7) is 4.34. The number of hydrogen-bond acceptors (Lipinski definition) is 2. The van der Waals surface area contributed by atoms with Crippen LogP contribution >= 0.6 is 0 Å². The summed E-state index contributed by atoms with van der Waals surface area (Å²) in [5.74, 6) is 0.969. The Morgan fingerprint density at radius 2 is 2.06 bits per heavy atom. The topological polar surface area (TPSA) is 55.1 Å². The molecule has 2 rings (SSSR count). The zero-order valence-corrected chi connectivity index (χ0v) is 10.5. The highest BCUT2D eigenvalue weighted by atomic mass is 16.2. The molecule has 0 aliphatic heterocycles. The standard InChI is InChI=1S/C13H24N2O/c1-9-4-5-10(8-11(9)14)12(16)15-13(2)6-3-7-13/h9-11H,3-8,14H2,1-2H3,(H,15,16). The first-order valence-corrected chi connectivity index (χ1v) is 6.58. The van der Waals surface area contributed by atoms with Crippen LogP contribution in [0.25, 0.3) is 0 Å². The van der Waals surface area contributed by atoms with Crippen LogP contribution in [0.2, 0.25) is 0 Å². The molecule has 2 saturated carbocycles. The third-order valence-electron chi connectivity index (χ3n) is 4.51. The lowest BCUT2D eigenvalue weighted by Crippen LogP contribution is -2.54. The van der Waals surface area contributed by atoms with Crippen LogP contribution in [0.5, 0.6) is 0 Å². The number of hydrogen-bond donors (Lipinski definition) is 2. The smallest absolute Gasteiger partial charge is 0.223 e. The molecule has 0 bridgehead atoms. The van der Waals surface area contributed by atoms with E-state index in [1.807, 2.05) is 0 Å². The van der Waals surface area contributed by atoms with E-state index in [0.29, 0.717) is 5.92 Å². The van der Waals surface area contributed by atoms with Crippen LogP contribution in [0.15, 0.2) is 0 Å². The van der Waals surface area contributed by atoms with Gasteiger partial charge in [0.1, 0.15) is 0 Å². The minimum atomic E-state index is 0.0875. The van der Waals surface area contributed by atoms with Gasteiger partial charge in [0, 0.05) is 17.5 Å². The summed E-state index contributed by atoms with van der Waals surface area (Å²) in [6, 6.07) is 0.207. The quantitative estimate of drug-likeness (QED) is 0.751. The molecule has 3 atom stereocenters. The first kappa shape index (κ1) is 11.9. The number of nitrogens with two attached hydrogens (primary N) is 1. The van der Waals surface area contributed by atoms with Crippen molar-refractivity contribution < 1.29 is 4.79 Å². The van der Waals surface area contributed by atoms with Crippen LogP contribution in [0.4, 0.5) is 0 Å². The van der Waals surface area contributed by atoms with Crippen LogP contribution in [0, 0.1) is 11.8 Å². The Balaban J connectivity index is 1.85. The van der Waals surface area contributed by atoms with Crippen LogP contribution in [-0.4, -0.2) is 17.5 Å². The van der Waals surface area contributed by atoms with Crippen molar-refractivity contribution in [2.24, 2.45) is 17.6 Å². The van der Waals surface area contributed by atoms with E-state index in [4.69, 9.17) is 5.73 Å². The molecule has 92 valence electrons. The maximum absolute atomic E-state index is 12.1. The molecule has 0 saturated heterocycles. The Morgan fingerprint density at radius 1 is 1.38 bits per heavy atom. The van der Waals surface area contributed by atoms with Gasteiger partial charge >= 0.3 is 0 Å². The molecule has 3 unspecified atom stereocenters. The van der Waals surface area contributed by atoms with Gasteiger partial charge in [0.2, 0.25) is 5.91 Å². The van der Waals surface area contributed by atoms with Crippen molar-refractivity contribution in [3.8, 4) is 0 Å². The number of amides is 1. The van der Waals surface area contributed by atoms with Gasteiger partial charge in [-0.15, -0.1) is 0 Å². The Morgan fingerprint density at radius 3 is 2.56 bits per heavy atom. The lowest BCUT2D eigenvalue weighted by molar-refractivity contribution is -0.129. The first-order chi connectivity index (χ1) is 7.50. The highest BCUT2D eigenvalue weighted by Crippen LogP contribution is 2.33. The van der Waals surface area contributed by atoms with E-state index >= 15 is 0 Å². The highest BCUT2D eigenvalue weighted by Gasteiger charge is 2.36. The van der Waals surface area contributed by atoms with Crippen molar-refractivity contribution in [2.75, 3.05) is 0 Å². The molecule has 3 N–H and O–H groups in total. The molecule has 2 aliphatic carbocycles. The summed E-state index contributed by atoms with van der Waals surface area (Å²) in [4.78, 5) is 12.1. The third kappa shape index (κ3) is 2.40. The zero-order chi connectivity index (χ0) is 11.8. The van der Waals surface area contributed by atoms with Crippen molar-refractivity contribution in [3.63, 3.8) is 0 Å². The summed E-state index contributed by atoms with van der Waals surface area (Å²) < 4.78 is 0. The summed E-state index contributed by atoms with van der Waals surface area (Å²) >= 11 is 0. The van der Waals surface area contributed by atoms with Gasteiger partial charge in [-0.2, -0.15) is 0 Å². The Labute approximate surface area is 98.2 Å². The average molecular weight is 224 g/mol. The van der Waals surface area contributed by atoms with Gasteiger partial charge < -0.3 is 11.1 Å². The second kappa shape index (κ2) is 4.36. The molecule has 16 heavy (non-hydrogen) atoms. The molecule has 0 heterocycles. The van der Waals surface area contributed by atoms with Crippen LogP contribution in [0.1, 0.15) is 52.4 Å². The van der Waals surface area contributed by atoms with E-state index in [2.05, 4.69) is 19.2 Å². The monoisotopic (exact) mass is 224 g/mol. The highest BCUT2D eigenvalue weighted by molar-refractivity contribution is 5.79. The molecule has 0 spiro atoms. The summed E-state index contributed by atoms with van der Waals surface area (Å²) in [5, 5.41) is 3.20. The van der Waals surface area contributed by atoms with E-state index < -0.39 is 0 Å². The molecule has 3 nitrogen and oxygen atoms in total. The molecule has 1 amide bonds. The predicted molar refractivity (Wildman–Crippen MR) is 64.9 cm³/mol. The first-order valence-electron chi connectivity index (χ1n) is 6.58. The SMILES string of the molecule is CC1CCC(C(=O)NC2(C)CCC2)CC1N. The summed E-state index contributed by atoms with van der Waals surface area (Å²) in [7, 11) is 0. The number of carbonyl (C=O) groups is 1. The van der Waals surface area contributed by atoms with E-state index in [1.165, 1.54) is 6.42 Å². The molecule has 0 aromatic carbocycles. The fourth-order valence-corrected chi connectivity index (χ4v) is 2.83. The molecule has 3 heteroatoms. The lowest BCUT2D eigenvalue weighted by Gasteiger charge is -2.41. The normalized spacial score (nSPS) is 37.6. The van der Waals surface area contributed by atoms with Gasteiger partial charge in [0.05, 0.1) is 0 Å². The molecule has 0 aromatic rings. The van der Waals surface area contributed by atoms with Crippen molar-refractivity contribution in [3.05, 3.63) is 0 Å². The number of nitrogens with one attached hydrogen (secondary N) is 1. The molecule has 2 fully saturated rings. The Bertz CT molecular complexity index is 273. The second-order valence-electron chi connectivity index (χ2n) is 6.05. The zero-order valence-electron chi connectivity index (χ0n) is 10.5. The minimum absolute atomic E-state index is 0.0875. The minimum Gasteiger partial charge on any atom is -0.351 e. The third-order valence-corrected chi connectivity index (χ3v) is 4.51. The van der Waals surface area contributed by atoms with Gasteiger partial charge in [0.25, 0.3) is 0 Å². The van der Waals surface area contributed by atoms with Crippen molar-refractivity contribution in [1.29, 1.82) is 0 Å². The number of carbonyl (C=O) groups excluding carboxylic acids is 1. The van der Waals surface area contributed by atoms with Crippen molar-refractivity contribution >= 4 is 5.91 Å². The molecular formula is C13H24N2O. The Hall–Kier alpha value is -0.570. The van der Waals surface area contributed by atoms with E-state index in [1.54, 1.807) is 0 Å². The van der Waals surface area contributed by atoms with Crippen molar-refractivity contribution in [2.45, 2.75) is 64.0 Å². The fourth-order valence-electron chi connectivity index (χ4n) is 2.83. The molecule has 2 aliphatic rings. The average Bonchev–Trinajstić information content (AvgIpc) is 2.19. The maximum Gasteiger partial charge on any atom is 0.223 e. The number of rotatable bonds is 2. The largest absolute Gasteiger partial charge is 0.351 e. The Kier molecular flexibility index (Phi) is 3.24. The van der Waals surface area contributed by atoms with Crippen molar-refractivity contribution in [1.82, 2.24) is 5.32 Å². The molecular weight excluding hydrogens is 200 g/mol. The van der Waals surface area contributed by atoms with Crippen LogP contribution in [-0.2, 0) is 4.79 Å². The molecule has 0 radical (unpaired) electrons. The second-order valence-corrected chi connectivity index (χ2v) is 6.05. The van der Waals surface area contributed by atoms with Crippen LogP contribution < -0.4 is 11.1 Å². The summed E-state index contributed by atoms with van der Waals surface area (Å²) in [5.41, 5.74) is 6.12. The van der Waals surface area contributed by atoms with Crippen LogP contribution in [0.3, 0.4) is 0 Å². The summed E-state index contributed by atoms with van der Waals surface area (Å²) in [6.07, 6.45) is 6.48. The maximum atomic E-state index is 12.1. The van der Waals surface area contributed by atoms with Gasteiger partial charge in [-0.05, 0) is 51.4 Å². The van der Waals surface area contributed by atoms with Gasteiger partial charge in [-0.3, -0.25) is 4.79 Å².